The number of pyridine rings is 1. The zero-order chi connectivity index (χ0) is 18.5. The predicted octanol–water partition coefficient (Wildman–Crippen LogP) is 2.43. The lowest BCUT2D eigenvalue weighted by molar-refractivity contribution is -0.130. The topological polar surface area (TPSA) is 62.2 Å². The Morgan fingerprint density at radius 1 is 0.852 bits per heavy atom. The first-order valence-electron chi connectivity index (χ1n) is 9.10. The standard InChI is InChI=1S/C21H21N5O/c27-21(16-17-4-2-1-3-5-17)26-14-12-25(13-15-26)20-7-6-19(23-24-20)18-8-10-22-11-9-18/h1-11H,12-16H2. The molecule has 3 aromatic rings. The maximum atomic E-state index is 12.5. The smallest absolute Gasteiger partial charge is 0.227 e. The Kier molecular flexibility index (Phi) is 5.05. The van der Waals surface area contributed by atoms with Gasteiger partial charge in [-0.1, -0.05) is 30.3 Å². The van der Waals surface area contributed by atoms with E-state index in [0.717, 1.165) is 35.7 Å². The molecule has 1 aromatic carbocycles. The second kappa shape index (κ2) is 7.95. The number of piperazine rings is 1. The molecule has 4 rings (SSSR count). The molecule has 1 aliphatic heterocycles. The van der Waals surface area contributed by atoms with Gasteiger partial charge in [0.1, 0.15) is 0 Å². The summed E-state index contributed by atoms with van der Waals surface area (Å²) in [6.45, 7) is 2.95. The molecule has 1 saturated heterocycles. The van der Waals surface area contributed by atoms with Gasteiger partial charge in [0, 0.05) is 44.1 Å². The fraction of sp³-hybridized carbons (Fsp3) is 0.238. The zero-order valence-electron chi connectivity index (χ0n) is 15.0. The van der Waals surface area contributed by atoms with Crippen LogP contribution in [0, 0.1) is 0 Å². The van der Waals surface area contributed by atoms with Crippen LogP contribution in [0.25, 0.3) is 11.3 Å². The van der Waals surface area contributed by atoms with Crippen molar-refractivity contribution in [1.82, 2.24) is 20.1 Å². The quantitative estimate of drug-likeness (QED) is 0.716. The number of anilines is 1. The third-order valence-corrected chi connectivity index (χ3v) is 4.78. The Bertz CT molecular complexity index is 875. The molecular weight excluding hydrogens is 338 g/mol. The molecule has 0 bridgehead atoms. The second-order valence-electron chi connectivity index (χ2n) is 6.54. The van der Waals surface area contributed by atoms with Crippen molar-refractivity contribution in [2.24, 2.45) is 0 Å². The molecule has 0 N–H and O–H groups in total. The van der Waals surface area contributed by atoms with Crippen LogP contribution < -0.4 is 4.90 Å². The fourth-order valence-electron chi connectivity index (χ4n) is 3.24. The number of rotatable bonds is 4. The van der Waals surface area contributed by atoms with Gasteiger partial charge in [-0.25, -0.2) is 0 Å². The van der Waals surface area contributed by atoms with Crippen molar-refractivity contribution in [2.45, 2.75) is 6.42 Å². The minimum atomic E-state index is 0.181. The number of amides is 1. The first-order valence-corrected chi connectivity index (χ1v) is 9.10. The number of nitrogens with zero attached hydrogens (tertiary/aromatic N) is 5. The first kappa shape index (κ1) is 17.1. The van der Waals surface area contributed by atoms with Crippen LogP contribution in [-0.2, 0) is 11.2 Å². The summed E-state index contributed by atoms with van der Waals surface area (Å²) in [5.41, 5.74) is 2.89. The van der Waals surface area contributed by atoms with Crippen LogP contribution in [-0.4, -0.2) is 52.2 Å². The molecule has 0 spiro atoms. The number of hydrogen-bond acceptors (Lipinski definition) is 5. The summed E-state index contributed by atoms with van der Waals surface area (Å²) < 4.78 is 0. The average molecular weight is 359 g/mol. The van der Waals surface area contributed by atoms with Gasteiger partial charge in [-0.2, -0.15) is 0 Å². The third-order valence-electron chi connectivity index (χ3n) is 4.78. The first-order chi connectivity index (χ1) is 13.3. The molecule has 3 heterocycles. The highest BCUT2D eigenvalue weighted by molar-refractivity contribution is 5.79. The summed E-state index contributed by atoms with van der Waals surface area (Å²) in [4.78, 5) is 20.6. The molecule has 1 aliphatic rings. The number of carbonyl (C=O) groups is 1. The van der Waals surface area contributed by atoms with E-state index in [9.17, 15) is 4.79 Å². The van der Waals surface area contributed by atoms with Crippen LogP contribution in [0.2, 0.25) is 0 Å². The Morgan fingerprint density at radius 3 is 2.26 bits per heavy atom. The molecule has 6 heteroatoms. The van der Waals surface area contributed by atoms with Gasteiger partial charge in [-0.05, 0) is 29.8 Å². The van der Waals surface area contributed by atoms with Crippen molar-refractivity contribution in [3.05, 3.63) is 72.6 Å². The van der Waals surface area contributed by atoms with Gasteiger partial charge in [0.15, 0.2) is 5.82 Å². The highest BCUT2D eigenvalue weighted by Crippen LogP contribution is 2.19. The third kappa shape index (κ3) is 4.11. The molecular formula is C21H21N5O. The summed E-state index contributed by atoms with van der Waals surface area (Å²) in [6.07, 6.45) is 3.95. The van der Waals surface area contributed by atoms with Gasteiger partial charge in [-0.15, -0.1) is 10.2 Å². The Balaban J connectivity index is 1.34. The summed E-state index contributed by atoms with van der Waals surface area (Å²) >= 11 is 0. The van der Waals surface area contributed by atoms with Gasteiger partial charge in [0.2, 0.25) is 5.91 Å². The summed E-state index contributed by atoms with van der Waals surface area (Å²) in [7, 11) is 0. The summed E-state index contributed by atoms with van der Waals surface area (Å²) in [5.74, 6) is 1.03. The van der Waals surface area contributed by atoms with E-state index < -0.39 is 0 Å². The predicted molar refractivity (Wildman–Crippen MR) is 104 cm³/mol. The SMILES string of the molecule is O=C(Cc1ccccc1)N1CCN(c2ccc(-c3ccncc3)nn2)CC1. The lowest BCUT2D eigenvalue weighted by Crippen LogP contribution is -2.49. The van der Waals surface area contributed by atoms with Crippen LogP contribution in [0.5, 0.6) is 0 Å². The van der Waals surface area contributed by atoms with E-state index in [1.54, 1.807) is 12.4 Å². The van der Waals surface area contributed by atoms with Gasteiger partial charge in [0.25, 0.3) is 0 Å². The minimum absolute atomic E-state index is 0.181. The van der Waals surface area contributed by atoms with Gasteiger partial charge < -0.3 is 9.80 Å². The van der Waals surface area contributed by atoms with Crippen molar-refractivity contribution < 1.29 is 4.79 Å². The maximum Gasteiger partial charge on any atom is 0.227 e. The molecule has 2 aromatic heterocycles. The van der Waals surface area contributed by atoms with Crippen molar-refractivity contribution in [1.29, 1.82) is 0 Å². The monoisotopic (exact) mass is 359 g/mol. The van der Waals surface area contributed by atoms with Crippen molar-refractivity contribution in [2.75, 3.05) is 31.1 Å². The van der Waals surface area contributed by atoms with Crippen molar-refractivity contribution in [3.63, 3.8) is 0 Å². The molecule has 0 saturated carbocycles. The normalized spacial score (nSPS) is 14.2. The largest absolute Gasteiger partial charge is 0.352 e. The Hall–Kier alpha value is -3.28. The second-order valence-corrected chi connectivity index (χ2v) is 6.54. The van der Waals surface area contributed by atoms with Gasteiger partial charge >= 0.3 is 0 Å². The van der Waals surface area contributed by atoms with Crippen molar-refractivity contribution in [3.8, 4) is 11.3 Å². The number of benzene rings is 1. The lowest BCUT2D eigenvalue weighted by atomic mass is 10.1. The van der Waals surface area contributed by atoms with E-state index in [1.807, 2.05) is 59.5 Å². The van der Waals surface area contributed by atoms with Crippen LogP contribution in [0.15, 0.2) is 67.0 Å². The average Bonchev–Trinajstić information content (AvgIpc) is 2.75. The molecule has 0 radical (unpaired) electrons. The van der Waals surface area contributed by atoms with E-state index in [4.69, 9.17) is 0 Å². The van der Waals surface area contributed by atoms with E-state index in [1.165, 1.54) is 0 Å². The van der Waals surface area contributed by atoms with Crippen LogP contribution in [0.1, 0.15) is 5.56 Å². The van der Waals surface area contributed by atoms with E-state index >= 15 is 0 Å². The minimum Gasteiger partial charge on any atom is -0.352 e. The fourth-order valence-corrected chi connectivity index (χ4v) is 3.24. The molecule has 1 amide bonds. The van der Waals surface area contributed by atoms with Gasteiger partial charge in [0.05, 0.1) is 12.1 Å². The summed E-state index contributed by atoms with van der Waals surface area (Å²) in [5, 5.41) is 8.70. The molecule has 0 unspecified atom stereocenters. The number of aromatic nitrogens is 3. The van der Waals surface area contributed by atoms with Gasteiger partial charge in [-0.3, -0.25) is 9.78 Å². The van der Waals surface area contributed by atoms with Crippen LogP contribution in [0.4, 0.5) is 5.82 Å². The summed E-state index contributed by atoms with van der Waals surface area (Å²) in [6, 6.07) is 17.7. The highest BCUT2D eigenvalue weighted by atomic mass is 16.2. The van der Waals surface area contributed by atoms with E-state index in [0.29, 0.717) is 19.5 Å². The molecule has 136 valence electrons. The number of hydrogen-bond donors (Lipinski definition) is 0. The van der Waals surface area contributed by atoms with Crippen LogP contribution in [0.3, 0.4) is 0 Å². The molecule has 1 fully saturated rings. The zero-order valence-corrected chi connectivity index (χ0v) is 15.0. The Morgan fingerprint density at radius 2 is 1.59 bits per heavy atom. The molecule has 27 heavy (non-hydrogen) atoms. The van der Waals surface area contributed by atoms with E-state index in [-0.39, 0.29) is 5.91 Å². The maximum absolute atomic E-state index is 12.5. The Labute approximate surface area is 158 Å². The molecule has 0 aliphatic carbocycles. The molecule has 6 nitrogen and oxygen atoms in total. The van der Waals surface area contributed by atoms with Crippen LogP contribution >= 0.6 is 0 Å². The lowest BCUT2D eigenvalue weighted by Gasteiger charge is -2.35. The molecule has 0 atom stereocenters. The number of carbonyl (C=O) groups excluding carboxylic acids is 1. The highest BCUT2D eigenvalue weighted by Gasteiger charge is 2.22. The van der Waals surface area contributed by atoms with E-state index in [2.05, 4.69) is 20.1 Å². The van der Waals surface area contributed by atoms with Crippen molar-refractivity contribution >= 4 is 11.7 Å².